The summed E-state index contributed by atoms with van der Waals surface area (Å²) in [6.07, 6.45) is 0. The van der Waals surface area contributed by atoms with Crippen molar-refractivity contribution in [1.82, 2.24) is 4.90 Å². The minimum Gasteiger partial charge on any atom is -0.497 e. The smallest absolute Gasteiger partial charge is 0.285 e. The zero-order valence-corrected chi connectivity index (χ0v) is 16.8. The second-order valence-corrected chi connectivity index (χ2v) is 8.55. The minimum atomic E-state index is -3.57. The van der Waals surface area contributed by atoms with Crippen molar-refractivity contribution in [2.45, 2.75) is 11.4 Å². The van der Waals surface area contributed by atoms with Crippen LogP contribution in [0.25, 0.3) is 0 Å². The van der Waals surface area contributed by atoms with Crippen LogP contribution in [0.4, 0.5) is 0 Å². The van der Waals surface area contributed by atoms with E-state index in [2.05, 4.69) is 9.30 Å². The predicted molar refractivity (Wildman–Crippen MR) is 106 cm³/mol. The molecule has 1 saturated heterocycles. The Bertz CT molecular complexity index is 1010. The second kappa shape index (κ2) is 7.44. The number of hydrogen-bond donors (Lipinski definition) is 1. The first-order valence-electron chi connectivity index (χ1n) is 9.25. The Morgan fingerprint density at radius 2 is 1.82 bits per heavy atom. The summed E-state index contributed by atoms with van der Waals surface area (Å²) in [7, 11) is -0.240. The van der Waals surface area contributed by atoms with Crippen molar-refractivity contribution in [1.29, 1.82) is 0 Å². The molecule has 0 amide bonds. The summed E-state index contributed by atoms with van der Waals surface area (Å²) >= 11 is 0. The Balaban J connectivity index is 1.47. The maximum absolute atomic E-state index is 12.3. The zero-order chi connectivity index (χ0) is 19.7. The van der Waals surface area contributed by atoms with Gasteiger partial charge in [-0.3, -0.25) is 0 Å². The number of nitrogens with one attached hydrogen (secondary N) is 1. The maximum Gasteiger partial charge on any atom is 0.285 e. The van der Waals surface area contributed by atoms with Gasteiger partial charge in [-0.25, -0.2) is 0 Å². The lowest BCUT2D eigenvalue weighted by molar-refractivity contribution is -0.917. The number of amidine groups is 1. The van der Waals surface area contributed by atoms with Gasteiger partial charge in [0.15, 0.2) is 5.84 Å². The summed E-state index contributed by atoms with van der Waals surface area (Å²) in [5, 5.41) is 0. The minimum absolute atomic E-state index is 0.306. The number of nitrogens with zero attached hydrogens (tertiary/aromatic N) is 2. The van der Waals surface area contributed by atoms with Gasteiger partial charge in [-0.05, 0) is 30.3 Å². The first-order chi connectivity index (χ1) is 13.5. The molecule has 4 rings (SSSR count). The van der Waals surface area contributed by atoms with Gasteiger partial charge in [0.2, 0.25) is 0 Å². The molecule has 1 fully saturated rings. The van der Waals surface area contributed by atoms with E-state index in [-0.39, 0.29) is 0 Å². The number of fused-ring (bicyclic) bond motifs is 1. The van der Waals surface area contributed by atoms with Crippen molar-refractivity contribution in [3.05, 3.63) is 53.6 Å². The van der Waals surface area contributed by atoms with Gasteiger partial charge < -0.3 is 19.3 Å². The Kier molecular flexibility index (Phi) is 4.99. The summed E-state index contributed by atoms with van der Waals surface area (Å²) in [5.74, 6) is 2.25. The van der Waals surface area contributed by atoms with Crippen molar-refractivity contribution < 1.29 is 22.8 Å². The molecule has 0 unspecified atom stereocenters. The third-order valence-electron chi connectivity index (χ3n) is 5.31. The van der Waals surface area contributed by atoms with Crippen LogP contribution in [0.15, 0.2) is 51.8 Å². The Morgan fingerprint density at radius 1 is 1.07 bits per heavy atom. The van der Waals surface area contributed by atoms with Crippen LogP contribution >= 0.6 is 0 Å². The van der Waals surface area contributed by atoms with Crippen molar-refractivity contribution in [2.75, 3.05) is 40.4 Å². The molecule has 28 heavy (non-hydrogen) atoms. The monoisotopic (exact) mass is 402 g/mol. The number of piperazine rings is 1. The van der Waals surface area contributed by atoms with Gasteiger partial charge in [0.25, 0.3) is 10.0 Å². The fraction of sp³-hybridized carbons (Fsp3) is 0.350. The van der Waals surface area contributed by atoms with Gasteiger partial charge in [-0.1, -0.05) is 12.1 Å². The summed E-state index contributed by atoms with van der Waals surface area (Å²) in [5.41, 5.74) is 1.82. The molecular weight excluding hydrogens is 378 g/mol. The molecule has 0 atom stereocenters. The molecule has 8 heteroatoms. The fourth-order valence-electron chi connectivity index (χ4n) is 3.82. The Hall–Kier alpha value is -2.58. The van der Waals surface area contributed by atoms with Crippen molar-refractivity contribution in [2.24, 2.45) is 4.40 Å². The molecule has 148 valence electrons. The normalized spacial score (nSPS) is 18.5. The topological polar surface area (TPSA) is 72.6 Å². The Morgan fingerprint density at radius 3 is 2.54 bits per heavy atom. The highest BCUT2D eigenvalue weighted by Gasteiger charge is 2.33. The number of quaternary nitrogens is 1. The molecule has 2 aliphatic heterocycles. The third-order valence-corrected chi connectivity index (χ3v) is 6.64. The highest BCUT2D eigenvalue weighted by atomic mass is 32.2. The Labute approximate surface area is 165 Å². The van der Waals surface area contributed by atoms with E-state index in [1.165, 1.54) is 4.90 Å². The molecule has 7 nitrogen and oxygen atoms in total. The van der Waals surface area contributed by atoms with Crippen molar-refractivity contribution in [3.8, 4) is 11.5 Å². The van der Waals surface area contributed by atoms with E-state index in [9.17, 15) is 8.42 Å². The van der Waals surface area contributed by atoms with Gasteiger partial charge in [-0.15, -0.1) is 4.40 Å². The van der Waals surface area contributed by atoms with Gasteiger partial charge in [0.05, 0.1) is 46.0 Å². The fourth-order valence-corrected chi connectivity index (χ4v) is 5.05. The SMILES string of the molecule is COc1ccc(OC)c(C[NH+]2CCN(C3=NS(=O)(=O)c4ccccc43)CC2)c1. The van der Waals surface area contributed by atoms with E-state index in [0.29, 0.717) is 16.3 Å². The first kappa shape index (κ1) is 18.8. The number of sulfonamides is 1. The standard InChI is InChI=1S/C20H23N3O4S/c1-26-16-7-8-18(27-2)15(13-16)14-22-9-11-23(12-10-22)20-17-5-3-4-6-19(17)28(24,25)21-20/h3-8,13H,9-12,14H2,1-2H3/p+1. The number of methoxy groups -OCH3 is 2. The van der Waals surface area contributed by atoms with E-state index in [1.54, 1.807) is 26.4 Å². The zero-order valence-electron chi connectivity index (χ0n) is 16.0. The highest BCUT2D eigenvalue weighted by Crippen LogP contribution is 2.27. The molecule has 0 radical (unpaired) electrons. The lowest BCUT2D eigenvalue weighted by atomic mass is 10.1. The van der Waals surface area contributed by atoms with Crippen LogP contribution in [0.2, 0.25) is 0 Å². The lowest BCUT2D eigenvalue weighted by Crippen LogP contribution is -3.13. The van der Waals surface area contributed by atoms with E-state index in [0.717, 1.165) is 49.8 Å². The predicted octanol–water partition coefficient (Wildman–Crippen LogP) is 0.553. The van der Waals surface area contributed by atoms with Gasteiger partial charge in [0, 0.05) is 5.56 Å². The van der Waals surface area contributed by atoms with Crippen LogP contribution in [0.3, 0.4) is 0 Å². The molecule has 2 heterocycles. The number of rotatable bonds is 4. The average molecular weight is 402 g/mol. The molecule has 1 N–H and O–H groups in total. The van der Waals surface area contributed by atoms with Crippen molar-refractivity contribution in [3.63, 3.8) is 0 Å². The lowest BCUT2D eigenvalue weighted by Gasteiger charge is -2.33. The molecule has 2 aliphatic rings. The molecule has 0 aromatic heterocycles. The van der Waals surface area contributed by atoms with E-state index in [4.69, 9.17) is 9.47 Å². The molecule has 0 saturated carbocycles. The van der Waals surface area contributed by atoms with Crippen LogP contribution in [0.1, 0.15) is 11.1 Å². The molecule has 2 aromatic rings. The quantitative estimate of drug-likeness (QED) is 0.809. The molecule has 0 aliphatic carbocycles. The first-order valence-corrected chi connectivity index (χ1v) is 10.7. The van der Waals surface area contributed by atoms with Gasteiger partial charge in [-0.2, -0.15) is 8.42 Å². The average Bonchev–Trinajstić information content (AvgIpc) is 3.00. The third kappa shape index (κ3) is 3.45. The molecule has 0 bridgehead atoms. The van der Waals surface area contributed by atoms with Crippen LogP contribution < -0.4 is 14.4 Å². The maximum atomic E-state index is 12.3. The van der Waals surface area contributed by atoms with Gasteiger partial charge >= 0.3 is 0 Å². The summed E-state index contributed by atoms with van der Waals surface area (Å²) < 4.78 is 39.5. The number of hydrogen-bond acceptors (Lipinski definition) is 5. The van der Waals surface area contributed by atoms with Crippen LogP contribution in [0, 0.1) is 0 Å². The van der Waals surface area contributed by atoms with Crippen LogP contribution in [0.5, 0.6) is 11.5 Å². The summed E-state index contributed by atoms with van der Waals surface area (Å²) in [6, 6.07) is 12.9. The second-order valence-electron chi connectivity index (χ2n) is 6.98. The van der Waals surface area contributed by atoms with Crippen LogP contribution in [-0.4, -0.2) is 59.6 Å². The largest absolute Gasteiger partial charge is 0.497 e. The highest BCUT2D eigenvalue weighted by molar-refractivity contribution is 7.90. The number of ether oxygens (including phenoxy) is 2. The van der Waals surface area contributed by atoms with E-state index in [1.807, 2.05) is 30.3 Å². The van der Waals surface area contributed by atoms with E-state index < -0.39 is 10.0 Å². The number of benzene rings is 2. The van der Waals surface area contributed by atoms with E-state index >= 15 is 0 Å². The summed E-state index contributed by atoms with van der Waals surface area (Å²) in [4.78, 5) is 3.80. The molecule has 2 aromatic carbocycles. The molecule has 0 spiro atoms. The molecular formula is C20H24N3O4S+. The van der Waals surface area contributed by atoms with Gasteiger partial charge in [0.1, 0.15) is 22.9 Å². The summed E-state index contributed by atoms with van der Waals surface area (Å²) in [6.45, 7) is 4.12. The van der Waals surface area contributed by atoms with Crippen LogP contribution in [-0.2, 0) is 16.6 Å². The van der Waals surface area contributed by atoms with Crippen molar-refractivity contribution >= 4 is 15.9 Å².